The lowest BCUT2D eigenvalue weighted by molar-refractivity contribution is 0.101. The largest absolute Gasteiger partial charge is 0.295 e. The highest BCUT2D eigenvalue weighted by atomic mass is 35.5. The fourth-order valence-corrected chi connectivity index (χ4v) is 1.71. The molecule has 0 spiro atoms. The Bertz CT molecular complexity index is 196. The Labute approximate surface area is 88.5 Å². The number of hydrogen-bond donors (Lipinski definition) is 0. The van der Waals surface area contributed by atoms with E-state index in [4.69, 9.17) is 23.2 Å². The lowest BCUT2D eigenvalue weighted by atomic mass is 9.97. The van der Waals surface area contributed by atoms with Crippen molar-refractivity contribution < 1.29 is 4.39 Å². The lowest BCUT2D eigenvalue weighted by Crippen LogP contribution is -2.41. The average molecular weight is 226 g/mol. The maximum absolute atomic E-state index is 13.2. The van der Waals surface area contributed by atoms with Crippen molar-refractivity contribution in [1.29, 1.82) is 0 Å². The van der Waals surface area contributed by atoms with Gasteiger partial charge in [-0.1, -0.05) is 30.1 Å². The van der Waals surface area contributed by atoms with E-state index in [-0.39, 0.29) is 5.92 Å². The molecule has 0 radical (unpaired) electrons. The van der Waals surface area contributed by atoms with Crippen LogP contribution >= 0.6 is 23.2 Å². The third-order valence-corrected chi connectivity index (χ3v) is 3.05. The predicted octanol–water partition coefficient (Wildman–Crippen LogP) is 2.99. The first-order chi connectivity index (χ1) is 6.13. The van der Waals surface area contributed by atoms with Gasteiger partial charge in [0.15, 0.2) is 0 Å². The van der Waals surface area contributed by atoms with E-state index in [0.717, 1.165) is 13.0 Å². The predicted molar refractivity (Wildman–Crippen MR) is 54.9 cm³/mol. The highest BCUT2D eigenvalue weighted by Gasteiger charge is 2.25. The lowest BCUT2D eigenvalue weighted by Gasteiger charge is -2.32. The summed E-state index contributed by atoms with van der Waals surface area (Å²) in [5.74, 6) is 0.176. The molecule has 1 saturated heterocycles. The normalized spacial score (nSPS) is 32.2. The van der Waals surface area contributed by atoms with E-state index in [0.29, 0.717) is 18.1 Å². The van der Waals surface area contributed by atoms with Crippen LogP contribution in [0, 0.1) is 5.92 Å². The molecule has 0 aromatic carbocycles. The number of nitrogens with zero attached hydrogens (tertiary/aromatic N) is 1. The second kappa shape index (κ2) is 5.18. The van der Waals surface area contributed by atoms with Crippen molar-refractivity contribution in [2.45, 2.75) is 19.5 Å². The molecular weight excluding hydrogens is 212 g/mol. The molecule has 0 amide bonds. The Kier molecular flexibility index (Phi) is 4.50. The van der Waals surface area contributed by atoms with Crippen LogP contribution in [0.15, 0.2) is 10.6 Å². The summed E-state index contributed by atoms with van der Waals surface area (Å²) in [7, 11) is 0. The highest BCUT2D eigenvalue weighted by Crippen LogP contribution is 2.21. The molecule has 0 N–H and O–H groups in total. The molecule has 0 aromatic heterocycles. The first-order valence-electron chi connectivity index (χ1n) is 4.44. The maximum atomic E-state index is 13.2. The summed E-state index contributed by atoms with van der Waals surface area (Å²) in [6, 6.07) is 0. The van der Waals surface area contributed by atoms with Crippen LogP contribution in [0.3, 0.4) is 0 Å². The Hall–Kier alpha value is 0.210. The summed E-state index contributed by atoms with van der Waals surface area (Å²) in [6.07, 6.45) is 0.168. The van der Waals surface area contributed by atoms with E-state index >= 15 is 0 Å². The van der Waals surface area contributed by atoms with Gasteiger partial charge in [0.25, 0.3) is 0 Å². The minimum absolute atomic E-state index is 0.176. The molecular formula is C9H14Cl2FN. The summed E-state index contributed by atoms with van der Waals surface area (Å²) in [4.78, 5) is 1.99. The summed E-state index contributed by atoms with van der Waals surface area (Å²) in [5.41, 5.74) is 1.34. The number of alkyl halides is 1. The zero-order valence-corrected chi connectivity index (χ0v) is 9.15. The van der Waals surface area contributed by atoms with Crippen molar-refractivity contribution in [3.05, 3.63) is 10.6 Å². The first kappa shape index (κ1) is 11.3. The molecule has 4 heteroatoms. The quantitative estimate of drug-likeness (QED) is 0.699. The van der Waals surface area contributed by atoms with Gasteiger partial charge < -0.3 is 0 Å². The Balaban J connectivity index is 2.37. The SMILES string of the molecule is CC1CCN(C/C(Cl)=C/Cl)CC1F. The second-order valence-electron chi connectivity index (χ2n) is 3.57. The smallest absolute Gasteiger partial charge is 0.115 e. The standard InChI is InChI=1S/C9H14Cl2FN/c1-7-2-3-13(6-9(7)12)5-8(11)4-10/h4,7,9H,2-3,5-6H2,1H3/b8-4-. The fraction of sp³-hybridized carbons (Fsp3) is 0.778. The van der Waals surface area contributed by atoms with Crippen molar-refractivity contribution in [2.24, 2.45) is 5.92 Å². The van der Waals surface area contributed by atoms with Gasteiger partial charge in [0.2, 0.25) is 0 Å². The number of likely N-dealkylation sites (tertiary alicyclic amines) is 1. The second-order valence-corrected chi connectivity index (χ2v) is 4.28. The van der Waals surface area contributed by atoms with E-state index in [1.807, 2.05) is 11.8 Å². The number of hydrogen-bond acceptors (Lipinski definition) is 1. The van der Waals surface area contributed by atoms with Gasteiger partial charge in [-0.05, 0) is 18.9 Å². The third-order valence-electron chi connectivity index (χ3n) is 2.44. The van der Waals surface area contributed by atoms with Crippen molar-refractivity contribution in [2.75, 3.05) is 19.6 Å². The van der Waals surface area contributed by atoms with Crippen LogP contribution in [-0.4, -0.2) is 30.7 Å². The van der Waals surface area contributed by atoms with Crippen LogP contribution in [0.5, 0.6) is 0 Å². The first-order valence-corrected chi connectivity index (χ1v) is 5.26. The topological polar surface area (TPSA) is 3.24 Å². The highest BCUT2D eigenvalue weighted by molar-refractivity contribution is 6.36. The molecule has 1 fully saturated rings. The zero-order valence-electron chi connectivity index (χ0n) is 7.64. The summed E-state index contributed by atoms with van der Waals surface area (Å²) in [5, 5.41) is 0.573. The minimum Gasteiger partial charge on any atom is -0.295 e. The summed E-state index contributed by atoms with van der Waals surface area (Å²) in [6.45, 7) is 3.89. The molecule has 1 nitrogen and oxygen atoms in total. The molecule has 1 heterocycles. The van der Waals surface area contributed by atoms with Crippen molar-refractivity contribution in [3.8, 4) is 0 Å². The Morgan fingerprint density at radius 1 is 1.69 bits per heavy atom. The number of halogens is 3. The Morgan fingerprint density at radius 3 is 2.92 bits per heavy atom. The van der Waals surface area contributed by atoms with Crippen molar-refractivity contribution >= 4 is 23.2 Å². The molecule has 1 aliphatic heterocycles. The monoisotopic (exact) mass is 225 g/mol. The van der Waals surface area contributed by atoms with E-state index in [9.17, 15) is 4.39 Å². The average Bonchev–Trinajstić information content (AvgIpc) is 2.11. The van der Waals surface area contributed by atoms with Crippen LogP contribution in [0.1, 0.15) is 13.3 Å². The molecule has 1 rings (SSSR count). The summed E-state index contributed by atoms with van der Waals surface area (Å²) >= 11 is 11.2. The van der Waals surface area contributed by atoms with Gasteiger partial charge in [-0.2, -0.15) is 0 Å². The molecule has 13 heavy (non-hydrogen) atoms. The molecule has 1 aliphatic rings. The zero-order chi connectivity index (χ0) is 9.84. The van der Waals surface area contributed by atoms with Gasteiger partial charge in [0, 0.05) is 23.7 Å². The van der Waals surface area contributed by atoms with Crippen LogP contribution in [0.2, 0.25) is 0 Å². The van der Waals surface area contributed by atoms with Gasteiger partial charge in [-0.15, -0.1) is 0 Å². The Morgan fingerprint density at radius 2 is 2.38 bits per heavy atom. The fourth-order valence-electron chi connectivity index (χ4n) is 1.48. The van der Waals surface area contributed by atoms with E-state index in [1.165, 1.54) is 5.54 Å². The minimum atomic E-state index is -0.728. The van der Waals surface area contributed by atoms with Crippen molar-refractivity contribution in [3.63, 3.8) is 0 Å². The van der Waals surface area contributed by atoms with Crippen LogP contribution in [0.4, 0.5) is 4.39 Å². The van der Waals surface area contributed by atoms with Crippen molar-refractivity contribution in [1.82, 2.24) is 4.90 Å². The molecule has 76 valence electrons. The van der Waals surface area contributed by atoms with Crippen LogP contribution in [0.25, 0.3) is 0 Å². The van der Waals surface area contributed by atoms with Crippen LogP contribution in [-0.2, 0) is 0 Å². The molecule has 0 aromatic rings. The van der Waals surface area contributed by atoms with Crippen LogP contribution < -0.4 is 0 Å². The third kappa shape index (κ3) is 3.45. The molecule has 0 bridgehead atoms. The van der Waals surface area contributed by atoms with E-state index < -0.39 is 6.17 Å². The van der Waals surface area contributed by atoms with Gasteiger partial charge in [0.1, 0.15) is 6.17 Å². The van der Waals surface area contributed by atoms with Gasteiger partial charge in [-0.3, -0.25) is 4.90 Å². The van der Waals surface area contributed by atoms with Gasteiger partial charge in [-0.25, -0.2) is 4.39 Å². The molecule has 0 aliphatic carbocycles. The number of rotatable bonds is 2. The molecule has 2 unspecified atom stereocenters. The van der Waals surface area contributed by atoms with Gasteiger partial charge in [0.05, 0.1) is 0 Å². The van der Waals surface area contributed by atoms with E-state index in [1.54, 1.807) is 0 Å². The van der Waals surface area contributed by atoms with E-state index in [2.05, 4.69) is 0 Å². The number of piperidine rings is 1. The van der Waals surface area contributed by atoms with Gasteiger partial charge >= 0.3 is 0 Å². The molecule has 2 atom stereocenters. The maximum Gasteiger partial charge on any atom is 0.115 e. The summed E-state index contributed by atoms with van der Waals surface area (Å²) < 4.78 is 13.2. The molecule has 0 saturated carbocycles.